The summed E-state index contributed by atoms with van der Waals surface area (Å²) >= 11 is 6.26. The first kappa shape index (κ1) is 22.8. The summed E-state index contributed by atoms with van der Waals surface area (Å²) in [4.78, 5) is 40.6. The molecule has 2 fully saturated rings. The number of nitrogens with one attached hydrogen (secondary N) is 2. The Morgan fingerprint density at radius 3 is 2.41 bits per heavy atom. The molecule has 0 unspecified atom stereocenters. The molecule has 9 heteroatoms. The molecule has 0 radical (unpaired) electrons. The van der Waals surface area contributed by atoms with Crippen LogP contribution in [0, 0.1) is 11.8 Å². The van der Waals surface area contributed by atoms with Gasteiger partial charge in [0.2, 0.25) is 0 Å². The molecular formula is C23H29ClN4O4. The van der Waals surface area contributed by atoms with E-state index in [1.807, 2.05) is 4.90 Å². The molecule has 2 aliphatic rings. The Labute approximate surface area is 191 Å². The van der Waals surface area contributed by atoms with Crippen LogP contribution in [0.25, 0.3) is 5.69 Å². The second kappa shape index (κ2) is 10.5. The average Bonchev–Trinajstić information content (AvgIpc) is 2.80. The normalized spacial score (nSPS) is 18.1. The standard InChI is InChI=1S/C23H29ClN4O4/c24-19-2-1-18(13-20(19)28-12-7-21(29)26-23(28)31)22(30)27-10-5-17(6-11-27)15-32-14-16-3-8-25-9-4-16/h1-2,7,12-13,16-17,25H,3-6,8-11,14-15H2,(H,26,29,31). The van der Waals surface area contributed by atoms with Gasteiger partial charge in [-0.1, -0.05) is 11.6 Å². The van der Waals surface area contributed by atoms with Crippen molar-refractivity contribution in [2.75, 3.05) is 39.4 Å². The van der Waals surface area contributed by atoms with E-state index in [0.717, 1.165) is 39.1 Å². The molecule has 0 spiro atoms. The number of aromatic nitrogens is 2. The number of hydrogen-bond acceptors (Lipinski definition) is 5. The number of likely N-dealkylation sites (tertiary alicyclic amines) is 1. The van der Waals surface area contributed by atoms with E-state index in [2.05, 4.69) is 10.3 Å². The Bertz CT molecular complexity index is 1050. The lowest BCUT2D eigenvalue weighted by molar-refractivity contribution is 0.0375. The molecule has 0 aliphatic carbocycles. The van der Waals surface area contributed by atoms with Crippen molar-refractivity contribution in [2.45, 2.75) is 25.7 Å². The smallest absolute Gasteiger partial charge is 0.332 e. The van der Waals surface area contributed by atoms with Gasteiger partial charge in [0.25, 0.3) is 11.5 Å². The van der Waals surface area contributed by atoms with Crippen molar-refractivity contribution < 1.29 is 9.53 Å². The van der Waals surface area contributed by atoms with Crippen LogP contribution in [-0.4, -0.2) is 59.8 Å². The summed E-state index contributed by atoms with van der Waals surface area (Å²) in [6.07, 6.45) is 5.55. The first-order chi connectivity index (χ1) is 15.5. The number of carbonyl (C=O) groups is 1. The van der Waals surface area contributed by atoms with Crippen molar-refractivity contribution in [3.63, 3.8) is 0 Å². The number of hydrogen-bond donors (Lipinski definition) is 2. The number of amides is 1. The number of halogens is 1. The Balaban J connectivity index is 1.34. The van der Waals surface area contributed by atoms with Gasteiger partial charge in [0.15, 0.2) is 0 Å². The third-order valence-corrected chi connectivity index (χ3v) is 6.66. The van der Waals surface area contributed by atoms with Crippen LogP contribution in [0.2, 0.25) is 5.02 Å². The topological polar surface area (TPSA) is 96.4 Å². The molecule has 3 heterocycles. The molecule has 0 saturated carbocycles. The summed E-state index contributed by atoms with van der Waals surface area (Å²) in [6.45, 7) is 5.10. The van der Waals surface area contributed by atoms with Gasteiger partial charge >= 0.3 is 5.69 Å². The Kier molecular flexibility index (Phi) is 7.44. The van der Waals surface area contributed by atoms with Crippen molar-refractivity contribution in [3.8, 4) is 5.69 Å². The lowest BCUT2D eigenvalue weighted by Crippen LogP contribution is -2.39. The number of ether oxygens (including phenoxy) is 1. The fraction of sp³-hybridized carbons (Fsp3) is 0.522. The molecule has 4 rings (SSSR count). The number of rotatable bonds is 6. The van der Waals surface area contributed by atoms with Crippen LogP contribution in [0.3, 0.4) is 0 Å². The fourth-order valence-electron chi connectivity index (χ4n) is 4.37. The average molecular weight is 461 g/mol. The molecule has 0 bridgehead atoms. The van der Waals surface area contributed by atoms with Crippen LogP contribution < -0.4 is 16.6 Å². The largest absolute Gasteiger partial charge is 0.381 e. The maximum Gasteiger partial charge on any atom is 0.332 e. The molecule has 1 amide bonds. The molecule has 2 saturated heterocycles. The van der Waals surface area contributed by atoms with E-state index in [4.69, 9.17) is 16.3 Å². The van der Waals surface area contributed by atoms with Crippen molar-refractivity contribution in [1.29, 1.82) is 0 Å². The second-order valence-corrected chi connectivity index (χ2v) is 9.02. The summed E-state index contributed by atoms with van der Waals surface area (Å²) in [7, 11) is 0. The summed E-state index contributed by atoms with van der Waals surface area (Å²) in [5.74, 6) is 1.04. The van der Waals surface area contributed by atoms with E-state index in [-0.39, 0.29) is 5.91 Å². The molecule has 0 atom stereocenters. The highest BCUT2D eigenvalue weighted by Gasteiger charge is 2.25. The van der Waals surface area contributed by atoms with Gasteiger partial charge in [0, 0.05) is 44.1 Å². The molecule has 1 aromatic carbocycles. The number of aromatic amines is 1. The zero-order valence-electron chi connectivity index (χ0n) is 18.0. The van der Waals surface area contributed by atoms with Crippen molar-refractivity contribution in [3.05, 3.63) is 61.9 Å². The Hall–Kier alpha value is -2.42. The molecule has 1 aromatic heterocycles. The van der Waals surface area contributed by atoms with E-state index in [1.165, 1.54) is 29.7 Å². The van der Waals surface area contributed by atoms with Crippen LogP contribution in [-0.2, 0) is 4.74 Å². The number of benzene rings is 1. The summed E-state index contributed by atoms with van der Waals surface area (Å²) < 4.78 is 7.22. The fourth-order valence-corrected chi connectivity index (χ4v) is 4.58. The molecule has 32 heavy (non-hydrogen) atoms. The Morgan fingerprint density at radius 2 is 1.72 bits per heavy atom. The molecule has 8 nitrogen and oxygen atoms in total. The van der Waals surface area contributed by atoms with E-state index in [1.54, 1.807) is 18.2 Å². The van der Waals surface area contributed by atoms with E-state index >= 15 is 0 Å². The van der Waals surface area contributed by atoms with Crippen LogP contribution in [0.15, 0.2) is 40.1 Å². The first-order valence-corrected chi connectivity index (χ1v) is 11.6. The van der Waals surface area contributed by atoms with E-state index in [9.17, 15) is 14.4 Å². The van der Waals surface area contributed by atoms with E-state index < -0.39 is 11.2 Å². The highest BCUT2D eigenvalue weighted by atomic mass is 35.5. The zero-order valence-corrected chi connectivity index (χ0v) is 18.8. The van der Waals surface area contributed by atoms with Crippen LogP contribution in [0.1, 0.15) is 36.0 Å². The minimum absolute atomic E-state index is 0.0885. The zero-order chi connectivity index (χ0) is 22.5. The number of piperidine rings is 2. The SMILES string of the molecule is O=C(c1ccc(Cl)c(-n2ccc(=O)[nH]c2=O)c1)N1CCC(COCC2CCNCC2)CC1. The number of nitrogens with zero attached hydrogens (tertiary/aromatic N) is 2. The third kappa shape index (κ3) is 5.49. The van der Waals surface area contributed by atoms with Crippen molar-refractivity contribution in [2.24, 2.45) is 11.8 Å². The predicted molar refractivity (Wildman–Crippen MR) is 123 cm³/mol. The third-order valence-electron chi connectivity index (χ3n) is 6.34. The highest BCUT2D eigenvalue weighted by Crippen LogP contribution is 2.24. The van der Waals surface area contributed by atoms with Gasteiger partial charge in [-0.3, -0.25) is 19.1 Å². The minimum atomic E-state index is -0.602. The van der Waals surface area contributed by atoms with Gasteiger partial charge < -0.3 is 15.0 Å². The summed E-state index contributed by atoms with van der Waals surface area (Å²) in [5.41, 5.74) is -0.269. The minimum Gasteiger partial charge on any atom is -0.381 e. The Morgan fingerprint density at radius 1 is 1.03 bits per heavy atom. The maximum atomic E-state index is 13.1. The lowest BCUT2D eigenvalue weighted by atomic mass is 9.96. The summed E-state index contributed by atoms with van der Waals surface area (Å²) in [5, 5.41) is 3.69. The molecule has 2 N–H and O–H groups in total. The quantitative estimate of drug-likeness (QED) is 0.687. The maximum absolute atomic E-state index is 13.1. The van der Waals surface area contributed by atoms with Gasteiger partial charge in [-0.2, -0.15) is 0 Å². The van der Waals surface area contributed by atoms with Gasteiger partial charge in [-0.25, -0.2) is 4.79 Å². The van der Waals surface area contributed by atoms with Gasteiger partial charge in [-0.15, -0.1) is 0 Å². The van der Waals surface area contributed by atoms with Crippen molar-refractivity contribution >= 4 is 17.5 Å². The van der Waals surface area contributed by atoms with Gasteiger partial charge in [-0.05, 0) is 68.8 Å². The van der Waals surface area contributed by atoms with Gasteiger partial charge in [0.1, 0.15) is 0 Å². The number of carbonyl (C=O) groups excluding carboxylic acids is 1. The highest BCUT2D eigenvalue weighted by molar-refractivity contribution is 6.32. The molecule has 2 aliphatic heterocycles. The van der Waals surface area contributed by atoms with E-state index in [0.29, 0.717) is 41.2 Å². The number of H-pyrrole nitrogens is 1. The summed E-state index contributed by atoms with van der Waals surface area (Å²) in [6, 6.07) is 6.10. The monoisotopic (exact) mass is 460 g/mol. The van der Waals surface area contributed by atoms with Gasteiger partial charge in [0.05, 0.1) is 10.7 Å². The second-order valence-electron chi connectivity index (χ2n) is 8.61. The van der Waals surface area contributed by atoms with Crippen molar-refractivity contribution in [1.82, 2.24) is 19.8 Å². The van der Waals surface area contributed by atoms with Crippen LogP contribution >= 0.6 is 11.6 Å². The lowest BCUT2D eigenvalue weighted by Gasteiger charge is -2.32. The molecular weight excluding hydrogens is 432 g/mol. The molecule has 172 valence electrons. The van der Waals surface area contributed by atoms with Crippen LogP contribution in [0.4, 0.5) is 0 Å². The van der Waals surface area contributed by atoms with Crippen LogP contribution in [0.5, 0.6) is 0 Å². The molecule has 2 aromatic rings. The predicted octanol–water partition coefficient (Wildman–Crippen LogP) is 2.05. The first-order valence-electron chi connectivity index (χ1n) is 11.2.